The summed E-state index contributed by atoms with van der Waals surface area (Å²) in [6.07, 6.45) is 1.52. The molecule has 44 heavy (non-hydrogen) atoms. The van der Waals surface area contributed by atoms with Gasteiger partial charge in [-0.15, -0.1) is 0 Å². The number of aromatic nitrogens is 2. The molecule has 0 bridgehead atoms. The molecule has 0 fully saturated rings. The summed E-state index contributed by atoms with van der Waals surface area (Å²) in [5, 5.41) is 9.57. The second-order valence-electron chi connectivity index (χ2n) is 9.48. The highest BCUT2D eigenvalue weighted by Gasteiger charge is 2.18. The van der Waals surface area contributed by atoms with Crippen LogP contribution in [0.15, 0.2) is 99.2 Å². The fourth-order valence-electron chi connectivity index (χ4n) is 4.46. The molecule has 0 aliphatic heterocycles. The number of halogens is 3. The van der Waals surface area contributed by atoms with E-state index in [-0.39, 0.29) is 23.9 Å². The van der Waals surface area contributed by atoms with E-state index in [9.17, 15) is 9.59 Å². The number of fused-ring (bicyclic) bond motifs is 2. The van der Waals surface area contributed by atoms with Crippen LogP contribution in [0, 0.1) is 3.57 Å². The van der Waals surface area contributed by atoms with Crippen molar-refractivity contribution in [3.8, 4) is 23.1 Å². The van der Waals surface area contributed by atoms with Crippen molar-refractivity contribution in [2.45, 2.75) is 0 Å². The van der Waals surface area contributed by atoms with E-state index in [1.807, 2.05) is 6.07 Å². The summed E-state index contributed by atoms with van der Waals surface area (Å²) < 4.78 is 19.3. The maximum absolute atomic E-state index is 13.6. The number of ether oxygens (including phenoxy) is 2. The fourth-order valence-corrected chi connectivity index (χ4v) is 5.55. The van der Waals surface area contributed by atoms with Gasteiger partial charge in [0.2, 0.25) is 5.82 Å². The molecule has 9 nitrogen and oxygen atoms in total. The van der Waals surface area contributed by atoms with Gasteiger partial charge in [0.1, 0.15) is 5.58 Å². The van der Waals surface area contributed by atoms with E-state index in [1.165, 1.54) is 18.0 Å². The van der Waals surface area contributed by atoms with Gasteiger partial charge in [0.05, 0.1) is 27.8 Å². The Kier molecular flexibility index (Phi) is 8.56. The number of furan rings is 1. The Morgan fingerprint density at radius 3 is 2.61 bits per heavy atom. The Labute approximate surface area is 274 Å². The quantitative estimate of drug-likeness (QED) is 0.127. The summed E-state index contributed by atoms with van der Waals surface area (Å²) in [7, 11) is 1.50. The number of rotatable bonds is 8. The van der Waals surface area contributed by atoms with Gasteiger partial charge in [-0.1, -0.05) is 35.3 Å². The minimum Gasteiger partial charge on any atom is -0.493 e. The molecule has 4 aromatic carbocycles. The lowest BCUT2D eigenvalue weighted by Crippen LogP contribution is -2.20. The van der Waals surface area contributed by atoms with Gasteiger partial charge in [0.15, 0.2) is 23.9 Å². The van der Waals surface area contributed by atoms with Gasteiger partial charge in [-0.05, 0) is 101 Å². The van der Waals surface area contributed by atoms with Gasteiger partial charge >= 0.3 is 0 Å². The van der Waals surface area contributed by atoms with Crippen molar-refractivity contribution in [1.82, 2.24) is 9.66 Å². The van der Waals surface area contributed by atoms with Crippen molar-refractivity contribution < 1.29 is 18.7 Å². The molecular weight excluding hydrogens is 718 g/mol. The summed E-state index contributed by atoms with van der Waals surface area (Å²) in [5.74, 6) is 1.01. The highest BCUT2D eigenvalue weighted by atomic mass is 127. The van der Waals surface area contributed by atoms with E-state index < -0.39 is 0 Å². The molecule has 0 radical (unpaired) electrons. The number of amides is 1. The molecule has 0 spiro atoms. The number of hydrogen-bond donors (Lipinski definition) is 1. The van der Waals surface area contributed by atoms with Crippen LogP contribution in [0.25, 0.3) is 33.5 Å². The molecule has 2 aromatic heterocycles. The minimum atomic E-state index is -0.367. The molecule has 0 atom stereocenters. The van der Waals surface area contributed by atoms with E-state index in [4.69, 9.17) is 42.1 Å². The van der Waals surface area contributed by atoms with E-state index in [1.54, 1.807) is 78.9 Å². The van der Waals surface area contributed by atoms with E-state index in [2.05, 4.69) is 33.0 Å². The maximum Gasteiger partial charge on any atom is 0.282 e. The Bertz CT molecular complexity index is 2130. The Balaban J connectivity index is 1.31. The number of nitrogens with zero attached hydrogens (tertiary/aromatic N) is 3. The summed E-state index contributed by atoms with van der Waals surface area (Å²) in [6, 6.07) is 24.3. The second kappa shape index (κ2) is 12.7. The van der Waals surface area contributed by atoms with Gasteiger partial charge in [-0.2, -0.15) is 9.78 Å². The van der Waals surface area contributed by atoms with Gasteiger partial charge in [-0.3, -0.25) is 9.59 Å². The molecule has 0 unspecified atom stereocenters. The van der Waals surface area contributed by atoms with Gasteiger partial charge in [-0.25, -0.2) is 4.98 Å². The van der Waals surface area contributed by atoms with Crippen molar-refractivity contribution in [1.29, 1.82) is 0 Å². The SMILES string of the molecule is COc1cc(C=Nn2c(-c3cc4cc(Cl)ccc4o3)nc3ccccc3c2=O)cc(I)c1OCC(=O)Nc1ccc(Cl)cc1. The first-order chi connectivity index (χ1) is 21.3. The fraction of sp³-hybridized carbons (Fsp3) is 0.0625. The second-order valence-corrected chi connectivity index (χ2v) is 11.5. The van der Waals surface area contributed by atoms with E-state index in [0.29, 0.717) is 58.6 Å². The highest BCUT2D eigenvalue weighted by molar-refractivity contribution is 14.1. The zero-order valence-corrected chi connectivity index (χ0v) is 26.6. The average Bonchev–Trinajstić information content (AvgIpc) is 3.44. The smallest absolute Gasteiger partial charge is 0.282 e. The molecule has 0 saturated carbocycles. The van der Waals surface area contributed by atoms with Crippen molar-refractivity contribution >= 4 is 85.5 Å². The van der Waals surface area contributed by atoms with Gasteiger partial charge < -0.3 is 19.2 Å². The first-order valence-electron chi connectivity index (χ1n) is 13.1. The zero-order valence-electron chi connectivity index (χ0n) is 22.9. The van der Waals surface area contributed by atoms with Crippen LogP contribution in [0.4, 0.5) is 5.69 Å². The zero-order chi connectivity index (χ0) is 30.8. The van der Waals surface area contributed by atoms with E-state index >= 15 is 0 Å². The maximum atomic E-state index is 13.6. The van der Waals surface area contributed by atoms with Crippen LogP contribution in [0.3, 0.4) is 0 Å². The van der Waals surface area contributed by atoms with Crippen LogP contribution < -0.4 is 20.3 Å². The largest absolute Gasteiger partial charge is 0.493 e. The Morgan fingerprint density at radius 1 is 1.05 bits per heavy atom. The number of benzene rings is 4. The van der Waals surface area contributed by atoms with Crippen LogP contribution in [0.1, 0.15) is 5.56 Å². The van der Waals surface area contributed by atoms with Crippen molar-refractivity contribution in [2.75, 3.05) is 19.0 Å². The molecule has 0 saturated heterocycles. The lowest BCUT2D eigenvalue weighted by Gasteiger charge is -2.14. The number of methoxy groups -OCH3 is 1. The third-order valence-corrected chi connectivity index (χ3v) is 7.79. The number of nitrogens with one attached hydrogen (secondary N) is 1. The number of carbonyl (C=O) groups excluding carboxylic acids is 1. The molecule has 220 valence electrons. The first-order valence-corrected chi connectivity index (χ1v) is 14.9. The topological polar surface area (TPSA) is 108 Å². The number of anilines is 1. The lowest BCUT2D eigenvalue weighted by atomic mass is 10.2. The average molecular weight is 739 g/mol. The van der Waals surface area contributed by atoms with E-state index in [0.717, 1.165) is 5.39 Å². The molecule has 1 N–H and O–H groups in total. The molecule has 0 aliphatic rings. The highest BCUT2D eigenvalue weighted by Crippen LogP contribution is 2.34. The Hall–Kier alpha value is -4.39. The monoisotopic (exact) mass is 738 g/mol. The molecule has 6 rings (SSSR count). The first kappa shape index (κ1) is 29.7. The van der Waals surface area contributed by atoms with Crippen LogP contribution in [0.5, 0.6) is 11.5 Å². The number of carbonyl (C=O) groups is 1. The predicted octanol–water partition coefficient (Wildman–Crippen LogP) is 7.63. The van der Waals surface area contributed by atoms with Crippen LogP contribution in [-0.4, -0.2) is 35.5 Å². The molecule has 2 heterocycles. The molecule has 1 amide bonds. The van der Waals surface area contributed by atoms with Gasteiger partial charge in [0, 0.05) is 21.1 Å². The van der Waals surface area contributed by atoms with Crippen molar-refractivity contribution in [2.24, 2.45) is 5.10 Å². The Morgan fingerprint density at radius 2 is 1.82 bits per heavy atom. The predicted molar refractivity (Wildman–Crippen MR) is 181 cm³/mol. The molecule has 6 aromatic rings. The lowest BCUT2D eigenvalue weighted by molar-refractivity contribution is -0.118. The van der Waals surface area contributed by atoms with Crippen LogP contribution >= 0.6 is 45.8 Å². The standard InChI is InChI=1S/C32H21Cl2IN4O5/c1-42-27-13-18(12-24(35)30(27)43-17-29(40)37-22-9-6-20(33)7-10-22)16-36-39-31(38-25-5-3-2-4-23(25)32(39)41)28-15-19-14-21(34)8-11-26(19)44-28/h2-16H,17H2,1H3,(H,37,40). The summed E-state index contributed by atoms with van der Waals surface area (Å²) >= 11 is 14.2. The summed E-state index contributed by atoms with van der Waals surface area (Å²) in [6.45, 7) is -0.243. The molecule has 0 aliphatic carbocycles. The summed E-state index contributed by atoms with van der Waals surface area (Å²) in [4.78, 5) is 30.8. The number of para-hydroxylation sites is 1. The normalized spacial score (nSPS) is 11.4. The minimum absolute atomic E-state index is 0.227. The third-order valence-electron chi connectivity index (χ3n) is 6.50. The summed E-state index contributed by atoms with van der Waals surface area (Å²) in [5.41, 5.74) is 1.95. The number of hydrogen-bond acceptors (Lipinski definition) is 7. The third kappa shape index (κ3) is 6.28. The molecule has 12 heteroatoms. The van der Waals surface area contributed by atoms with Crippen LogP contribution in [0.2, 0.25) is 10.0 Å². The van der Waals surface area contributed by atoms with Crippen molar-refractivity contribution in [3.05, 3.63) is 114 Å². The molecular formula is C32H21Cl2IN4O5. The van der Waals surface area contributed by atoms with Crippen molar-refractivity contribution in [3.63, 3.8) is 0 Å². The van der Waals surface area contributed by atoms with Crippen LogP contribution in [-0.2, 0) is 4.79 Å². The van der Waals surface area contributed by atoms with Gasteiger partial charge in [0.25, 0.3) is 11.5 Å².